The van der Waals surface area contributed by atoms with Crippen molar-refractivity contribution in [3.05, 3.63) is 64.5 Å². The summed E-state index contributed by atoms with van der Waals surface area (Å²) in [6.45, 7) is 0. The van der Waals surface area contributed by atoms with E-state index in [-0.39, 0.29) is 0 Å². The highest BCUT2D eigenvalue weighted by Gasteiger charge is 2.09. The summed E-state index contributed by atoms with van der Waals surface area (Å²) in [4.78, 5) is 0. The highest BCUT2D eigenvalue weighted by atomic mass is 35.5. The van der Waals surface area contributed by atoms with Crippen molar-refractivity contribution in [1.29, 1.82) is 0 Å². The van der Waals surface area contributed by atoms with Crippen molar-refractivity contribution >= 4 is 33.4 Å². The summed E-state index contributed by atoms with van der Waals surface area (Å²) < 4.78 is 31.6. The van der Waals surface area contributed by atoms with Crippen LogP contribution in [0.15, 0.2) is 53.9 Å². The van der Waals surface area contributed by atoms with E-state index in [9.17, 15) is 8.42 Å². The number of hydrogen-bond donors (Lipinski definition) is 1. The number of para-hydroxylation sites is 2. The lowest BCUT2D eigenvalue weighted by molar-refractivity contribution is 0.417. The quantitative estimate of drug-likeness (QED) is 0.911. The van der Waals surface area contributed by atoms with E-state index in [1.807, 2.05) is 0 Å². The fourth-order valence-corrected chi connectivity index (χ4v) is 2.66. The Labute approximate surface area is 129 Å². The predicted octanol–water partition coefficient (Wildman–Crippen LogP) is 3.76. The van der Waals surface area contributed by atoms with Crippen molar-refractivity contribution in [3.63, 3.8) is 0 Å². The minimum absolute atomic E-state index is 0.390. The third-order valence-electron chi connectivity index (χ3n) is 2.67. The minimum Gasteiger partial charge on any atom is -0.495 e. The molecule has 2 aromatic rings. The third kappa shape index (κ3) is 4.51. The first kappa shape index (κ1) is 15.4. The van der Waals surface area contributed by atoms with Crippen LogP contribution >= 0.6 is 11.6 Å². The molecule has 21 heavy (non-hydrogen) atoms. The van der Waals surface area contributed by atoms with Crippen LogP contribution in [0.5, 0.6) is 5.75 Å². The van der Waals surface area contributed by atoms with E-state index < -0.39 is 10.0 Å². The highest BCUT2D eigenvalue weighted by molar-refractivity contribution is 7.95. The lowest BCUT2D eigenvalue weighted by Crippen LogP contribution is -2.09. The third-order valence-corrected chi connectivity index (χ3v) is 3.92. The molecule has 0 unspecified atom stereocenters. The average molecular weight is 324 g/mol. The molecule has 2 aromatic carbocycles. The van der Waals surface area contributed by atoms with Crippen LogP contribution < -0.4 is 9.46 Å². The SMILES string of the molecule is COc1ccccc1NS(=O)(=O)C=Cc1ccc(Cl)cc1. The van der Waals surface area contributed by atoms with Crippen LogP contribution in [0, 0.1) is 0 Å². The molecule has 0 amide bonds. The van der Waals surface area contributed by atoms with Crippen LogP contribution in [-0.2, 0) is 10.0 Å². The van der Waals surface area contributed by atoms with E-state index >= 15 is 0 Å². The number of hydrogen-bond acceptors (Lipinski definition) is 3. The number of halogens is 1. The molecule has 0 aromatic heterocycles. The maximum Gasteiger partial charge on any atom is 0.255 e. The van der Waals surface area contributed by atoms with Crippen LogP contribution in [0.2, 0.25) is 5.02 Å². The van der Waals surface area contributed by atoms with Gasteiger partial charge in [-0.1, -0.05) is 35.9 Å². The molecule has 4 nitrogen and oxygen atoms in total. The van der Waals surface area contributed by atoms with Crippen LogP contribution in [0.3, 0.4) is 0 Å². The maximum absolute atomic E-state index is 12.0. The number of sulfonamides is 1. The fourth-order valence-electron chi connectivity index (χ4n) is 1.66. The zero-order valence-corrected chi connectivity index (χ0v) is 12.9. The first-order chi connectivity index (χ1) is 10.00. The van der Waals surface area contributed by atoms with Crippen LogP contribution in [-0.4, -0.2) is 15.5 Å². The van der Waals surface area contributed by atoms with Gasteiger partial charge in [0.15, 0.2) is 0 Å². The zero-order chi connectivity index (χ0) is 15.3. The van der Waals surface area contributed by atoms with E-state index in [1.165, 1.54) is 13.2 Å². The number of methoxy groups -OCH3 is 1. The number of ether oxygens (including phenoxy) is 1. The average Bonchev–Trinajstić information content (AvgIpc) is 2.47. The van der Waals surface area contributed by atoms with Gasteiger partial charge >= 0.3 is 0 Å². The molecule has 1 N–H and O–H groups in total. The highest BCUT2D eigenvalue weighted by Crippen LogP contribution is 2.24. The molecule has 0 saturated carbocycles. The standard InChI is InChI=1S/C15H14ClNO3S/c1-20-15-5-3-2-4-14(15)17-21(18,19)11-10-12-6-8-13(16)9-7-12/h2-11,17H,1H3. The molecule has 0 radical (unpaired) electrons. The molecule has 0 aliphatic carbocycles. The molecule has 0 fully saturated rings. The molecule has 0 heterocycles. The van der Waals surface area contributed by atoms with Crippen LogP contribution in [0.25, 0.3) is 6.08 Å². The molecule has 0 aliphatic heterocycles. The summed E-state index contributed by atoms with van der Waals surface area (Å²) in [5, 5.41) is 1.70. The van der Waals surface area contributed by atoms with Gasteiger partial charge in [-0.15, -0.1) is 0 Å². The maximum atomic E-state index is 12.0. The molecule has 2 rings (SSSR count). The number of benzene rings is 2. The molecule has 6 heteroatoms. The van der Waals surface area contributed by atoms with Gasteiger partial charge in [0.05, 0.1) is 18.2 Å². The van der Waals surface area contributed by atoms with E-state index in [0.717, 1.165) is 11.0 Å². The Kier molecular flexibility index (Phi) is 4.88. The molecular formula is C15H14ClNO3S. The second-order valence-corrected chi connectivity index (χ2v) is 6.20. The molecule has 0 spiro atoms. The van der Waals surface area contributed by atoms with E-state index in [4.69, 9.17) is 16.3 Å². The largest absolute Gasteiger partial charge is 0.495 e. The smallest absolute Gasteiger partial charge is 0.255 e. The Morgan fingerprint density at radius 1 is 1.10 bits per heavy atom. The number of rotatable bonds is 5. The monoisotopic (exact) mass is 323 g/mol. The first-order valence-electron chi connectivity index (χ1n) is 6.10. The normalized spacial score (nSPS) is 11.5. The van der Waals surface area contributed by atoms with Gasteiger partial charge < -0.3 is 4.74 Å². The second kappa shape index (κ2) is 6.65. The second-order valence-electron chi connectivity index (χ2n) is 4.20. The lowest BCUT2D eigenvalue weighted by Gasteiger charge is -2.09. The summed E-state index contributed by atoms with van der Waals surface area (Å²) in [5.74, 6) is 0.459. The van der Waals surface area contributed by atoms with Crippen molar-refractivity contribution in [2.45, 2.75) is 0 Å². The van der Waals surface area contributed by atoms with Crippen LogP contribution in [0.4, 0.5) is 5.69 Å². The van der Waals surface area contributed by atoms with Gasteiger partial charge in [-0.3, -0.25) is 4.72 Å². The zero-order valence-electron chi connectivity index (χ0n) is 11.3. The van der Waals surface area contributed by atoms with Crippen molar-refractivity contribution in [1.82, 2.24) is 0 Å². The van der Waals surface area contributed by atoms with E-state index in [1.54, 1.807) is 48.5 Å². The van der Waals surface area contributed by atoms with Crippen molar-refractivity contribution in [2.24, 2.45) is 0 Å². The Morgan fingerprint density at radius 2 is 1.76 bits per heavy atom. The lowest BCUT2D eigenvalue weighted by atomic mass is 10.2. The van der Waals surface area contributed by atoms with Gasteiger partial charge in [0, 0.05) is 5.02 Å². The Hall–Kier alpha value is -1.98. The van der Waals surface area contributed by atoms with Gasteiger partial charge in [0.25, 0.3) is 10.0 Å². The van der Waals surface area contributed by atoms with Crippen molar-refractivity contribution in [3.8, 4) is 5.75 Å². The van der Waals surface area contributed by atoms with Crippen molar-refractivity contribution in [2.75, 3.05) is 11.8 Å². The number of nitrogens with one attached hydrogen (secondary N) is 1. The Bertz CT molecular complexity index is 740. The predicted molar refractivity (Wildman–Crippen MR) is 86.0 cm³/mol. The van der Waals surface area contributed by atoms with Gasteiger partial charge in [-0.2, -0.15) is 0 Å². The van der Waals surface area contributed by atoms with E-state index in [0.29, 0.717) is 16.5 Å². The molecule has 0 bridgehead atoms. The van der Waals surface area contributed by atoms with Gasteiger partial charge in [0.1, 0.15) is 5.75 Å². The van der Waals surface area contributed by atoms with Gasteiger partial charge in [-0.05, 0) is 35.9 Å². The van der Waals surface area contributed by atoms with Crippen LogP contribution in [0.1, 0.15) is 5.56 Å². The topological polar surface area (TPSA) is 55.4 Å². The summed E-state index contributed by atoms with van der Waals surface area (Å²) in [5.41, 5.74) is 1.13. The fraction of sp³-hybridized carbons (Fsp3) is 0.0667. The van der Waals surface area contributed by atoms with Crippen molar-refractivity contribution < 1.29 is 13.2 Å². The summed E-state index contributed by atoms with van der Waals surface area (Å²) in [6, 6.07) is 13.7. The molecular weight excluding hydrogens is 310 g/mol. The minimum atomic E-state index is -3.62. The van der Waals surface area contributed by atoms with E-state index in [2.05, 4.69) is 4.72 Å². The Balaban J connectivity index is 2.17. The summed E-state index contributed by atoms with van der Waals surface area (Å²) in [6.07, 6.45) is 1.49. The molecule has 0 aliphatic rings. The van der Waals surface area contributed by atoms with Gasteiger partial charge in [0.2, 0.25) is 0 Å². The number of anilines is 1. The van der Waals surface area contributed by atoms with Gasteiger partial charge in [-0.25, -0.2) is 8.42 Å². The molecule has 0 atom stereocenters. The molecule has 110 valence electrons. The first-order valence-corrected chi connectivity index (χ1v) is 8.02. The summed E-state index contributed by atoms with van der Waals surface area (Å²) >= 11 is 5.77. The summed E-state index contributed by atoms with van der Waals surface area (Å²) in [7, 11) is -2.14. The molecule has 0 saturated heterocycles. The Morgan fingerprint density at radius 3 is 2.43 bits per heavy atom.